The first-order valence-electron chi connectivity index (χ1n) is 7.63. The van der Waals surface area contributed by atoms with Gasteiger partial charge in [-0.1, -0.05) is 23.7 Å². The first-order valence-corrected chi connectivity index (χ1v) is 9.83. The number of sulfone groups is 1. The molecule has 0 radical (unpaired) electrons. The molecule has 24 heavy (non-hydrogen) atoms. The lowest BCUT2D eigenvalue weighted by Crippen LogP contribution is -2.20. The maximum absolute atomic E-state index is 12.3. The molecule has 1 N–H and O–H groups in total. The molecule has 8 heteroatoms. The molecule has 1 aromatic heterocycles. The molecular weight excluding hydrogens is 350 g/mol. The van der Waals surface area contributed by atoms with E-state index in [1.807, 2.05) is 6.92 Å². The van der Waals surface area contributed by atoms with Gasteiger partial charge >= 0.3 is 0 Å². The van der Waals surface area contributed by atoms with Gasteiger partial charge in [-0.3, -0.25) is 4.79 Å². The van der Waals surface area contributed by atoms with E-state index >= 15 is 0 Å². The van der Waals surface area contributed by atoms with Gasteiger partial charge in [0.2, 0.25) is 5.91 Å². The molecule has 128 valence electrons. The van der Waals surface area contributed by atoms with Crippen molar-refractivity contribution in [2.24, 2.45) is 0 Å². The van der Waals surface area contributed by atoms with Crippen molar-refractivity contribution >= 4 is 33.2 Å². The number of halogens is 1. The van der Waals surface area contributed by atoms with Crippen molar-refractivity contribution in [2.75, 3.05) is 16.8 Å². The van der Waals surface area contributed by atoms with E-state index in [1.54, 1.807) is 35.0 Å². The van der Waals surface area contributed by atoms with Crippen LogP contribution < -0.4 is 5.32 Å². The summed E-state index contributed by atoms with van der Waals surface area (Å²) in [5, 5.41) is 7.80. The van der Waals surface area contributed by atoms with E-state index in [-0.39, 0.29) is 29.9 Å². The third kappa shape index (κ3) is 3.96. The van der Waals surface area contributed by atoms with Crippen molar-refractivity contribution in [3.63, 3.8) is 0 Å². The molecular formula is C16H18ClN3O3S. The van der Waals surface area contributed by atoms with Gasteiger partial charge in [-0.25, -0.2) is 13.1 Å². The highest BCUT2D eigenvalue weighted by Crippen LogP contribution is 2.27. The topological polar surface area (TPSA) is 81.1 Å². The van der Waals surface area contributed by atoms with Gasteiger partial charge in [0.15, 0.2) is 9.84 Å². The van der Waals surface area contributed by atoms with Gasteiger partial charge in [-0.15, -0.1) is 0 Å². The van der Waals surface area contributed by atoms with Crippen LogP contribution in [0.5, 0.6) is 0 Å². The van der Waals surface area contributed by atoms with Gasteiger partial charge in [0.25, 0.3) is 0 Å². The molecule has 1 aromatic carbocycles. The standard InChI is InChI=1S/C16H18ClN3O3S/c1-11-8-15(20(19-11)14-6-7-24(22,23)10-14)18-16(21)9-12-2-4-13(17)5-3-12/h2-5,8,14H,6-7,9-10H2,1H3,(H,18,21)/t14-/m1/s1. The average molecular weight is 368 g/mol. The van der Waals surface area contributed by atoms with Crippen LogP contribution in [0.4, 0.5) is 5.82 Å². The van der Waals surface area contributed by atoms with E-state index in [0.717, 1.165) is 11.3 Å². The van der Waals surface area contributed by atoms with Gasteiger partial charge in [0.05, 0.1) is 29.7 Å². The molecule has 1 aliphatic heterocycles. The van der Waals surface area contributed by atoms with Crippen LogP contribution in [0.15, 0.2) is 30.3 Å². The lowest BCUT2D eigenvalue weighted by Gasteiger charge is -2.13. The Morgan fingerprint density at radius 3 is 2.71 bits per heavy atom. The van der Waals surface area contributed by atoms with E-state index in [2.05, 4.69) is 10.4 Å². The number of nitrogens with one attached hydrogen (secondary N) is 1. The van der Waals surface area contributed by atoms with E-state index in [9.17, 15) is 13.2 Å². The molecule has 2 aromatic rings. The molecule has 1 aliphatic rings. The monoisotopic (exact) mass is 367 g/mol. The van der Waals surface area contributed by atoms with Crippen molar-refractivity contribution < 1.29 is 13.2 Å². The Labute approximate surface area is 145 Å². The molecule has 1 atom stereocenters. The highest BCUT2D eigenvalue weighted by molar-refractivity contribution is 7.91. The Bertz CT molecular complexity index is 859. The summed E-state index contributed by atoms with van der Waals surface area (Å²) in [4.78, 5) is 12.3. The second-order valence-corrected chi connectivity index (χ2v) is 8.69. The third-order valence-electron chi connectivity index (χ3n) is 3.96. The highest BCUT2D eigenvalue weighted by Gasteiger charge is 2.31. The maximum Gasteiger partial charge on any atom is 0.229 e. The van der Waals surface area contributed by atoms with E-state index in [0.29, 0.717) is 17.3 Å². The number of rotatable bonds is 4. The number of carbonyl (C=O) groups excluding carboxylic acids is 1. The quantitative estimate of drug-likeness (QED) is 0.899. The van der Waals surface area contributed by atoms with Crippen molar-refractivity contribution in [3.8, 4) is 0 Å². The van der Waals surface area contributed by atoms with Gasteiger partial charge < -0.3 is 5.32 Å². The smallest absolute Gasteiger partial charge is 0.229 e. The first kappa shape index (κ1) is 17.0. The van der Waals surface area contributed by atoms with Crippen LogP contribution in [-0.4, -0.2) is 35.6 Å². The molecule has 1 saturated heterocycles. The van der Waals surface area contributed by atoms with Crippen LogP contribution in [0.25, 0.3) is 0 Å². The second kappa shape index (κ2) is 6.57. The van der Waals surface area contributed by atoms with E-state index < -0.39 is 9.84 Å². The van der Waals surface area contributed by atoms with Gasteiger partial charge in [-0.2, -0.15) is 5.10 Å². The normalized spacial score (nSPS) is 19.3. The fraction of sp³-hybridized carbons (Fsp3) is 0.375. The minimum atomic E-state index is -3.02. The van der Waals surface area contributed by atoms with Crippen LogP contribution in [0.2, 0.25) is 5.02 Å². The Kier molecular flexibility index (Phi) is 4.64. The molecule has 0 saturated carbocycles. The number of hydrogen-bond acceptors (Lipinski definition) is 4. The van der Waals surface area contributed by atoms with Crippen molar-refractivity contribution in [2.45, 2.75) is 25.8 Å². The number of nitrogens with zero attached hydrogens (tertiary/aromatic N) is 2. The molecule has 2 heterocycles. The fourth-order valence-electron chi connectivity index (χ4n) is 2.83. The van der Waals surface area contributed by atoms with Gasteiger partial charge in [0, 0.05) is 11.1 Å². The average Bonchev–Trinajstić information content (AvgIpc) is 3.03. The minimum absolute atomic E-state index is 0.0637. The number of anilines is 1. The Hall–Kier alpha value is -1.86. The number of carbonyl (C=O) groups is 1. The second-order valence-electron chi connectivity index (χ2n) is 6.02. The molecule has 0 unspecified atom stereocenters. The zero-order valence-electron chi connectivity index (χ0n) is 13.2. The Morgan fingerprint density at radius 1 is 1.38 bits per heavy atom. The largest absolute Gasteiger partial charge is 0.311 e. The Morgan fingerprint density at radius 2 is 2.08 bits per heavy atom. The number of benzene rings is 1. The minimum Gasteiger partial charge on any atom is -0.311 e. The SMILES string of the molecule is Cc1cc(NC(=O)Cc2ccc(Cl)cc2)n([C@@H]2CCS(=O)(=O)C2)n1. The predicted molar refractivity (Wildman–Crippen MR) is 93.1 cm³/mol. The summed E-state index contributed by atoms with van der Waals surface area (Å²) in [5.41, 5.74) is 1.59. The number of amides is 1. The zero-order chi connectivity index (χ0) is 17.3. The molecule has 0 aliphatic carbocycles. The molecule has 0 bridgehead atoms. The van der Waals surface area contributed by atoms with Crippen molar-refractivity contribution in [1.29, 1.82) is 0 Å². The van der Waals surface area contributed by atoms with Gasteiger partial charge in [-0.05, 0) is 31.0 Å². The lowest BCUT2D eigenvalue weighted by atomic mass is 10.1. The fourth-order valence-corrected chi connectivity index (χ4v) is 4.65. The molecule has 1 amide bonds. The molecule has 3 rings (SSSR count). The first-order chi connectivity index (χ1) is 11.3. The van der Waals surface area contributed by atoms with Crippen molar-refractivity contribution in [1.82, 2.24) is 9.78 Å². The van der Waals surface area contributed by atoms with Crippen LogP contribution >= 0.6 is 11.6 Å². The number of hydrogen-bond donors (Lipinski definition) is 1. The maximum atomic E-state index is 12.3. The van der Waals surface area contributed by atoms with E-state index in [4.69, 9.17) is 11.6 Å². The highest BCUT2D eigenvalue weighted by atomic mass is 35.5. The third-order valence-corrected chi connectivity index (χ3v) is 5.96. The number of aromatic nitrogens is 2. The van der Waals surface area contributed by atoms with Crippen molar-refractivity contribution in [3.05, 3.63) is 46.6 Å². The van der Waals surface area contributed by atoms with Crippen LogP contribution in [0.3, 0.4) is 0 Å². The van der Waals surface area contributed by atoms with Crippen LogP contribution in [0.1, 0.15) is 23.7 Å². The zero-order valence-corrected chi connectivity index (χ0v) is 14.8. The molecule has 6 nitrogen and oxygen atoms in total. The van der Waals surface area contributed by atoms with Crippen LogP contribution in [-0.2, 0) is 21.1 Å². The summed E-state index contributed by atoms with van der Waals surface area (Å²) >= 11 is 5.84. The lowest BCUT2D eigenvalue weighted by molar-refractivity contribution is -0.115. The molecule has 0 spiro atoms. The summed E-state index contributed by atoms with van der Waals surface area (Å²) < 4.78 is 25.0. The summed E-state index contributed by atoms with van der Waals surface area (Å²) in [6.45, 7) is 1.81. The molecule has 1 fully saturated rings. The van der Waals surface area contributed by atoms with Crippen LogP contribution in [0, 0.1) is 6.92 Å². The Balaban J connectivity index is 1.73. The van der Waals surface area contributed by atoms with Gasteiger partial charge in [0.1, 0.15) is 5.82 Å². The van der Waals surface area contributed by atoms with E-state index in [1.165, 1.54) is 0 Å². The summed E-state index contributed by atoms with van der Waals surface area (Å²) in [6, 6.07) is 8.60. The summed E-state index contributed by atoms with van der Waals surface area (Å²) in [5.74, 6) is 0.580. The predicted octanol–water partition coefficient (Wildman–Crippen LogP) is 2.39. The number of aryl methyl sites for hydroxylation is 1. The summed E-state index contributed by atoms with van der Waals surface area (Å²) in [6.07, 6.45) is 0.730. The summed E-state index contributed by atoms with van der Waals surface area (Å²) in [7, 11) is -3.02.